The summed E-state index contributed by atoms with van der Waals surface area (Å²) < 4.78 is 5.45. The SMILES string of the molecule is C=CCOc1ccccc1C(=O)NCC(C)(O)CN(C)C. The molecule has 0 radical (unpaired) electrons. The molecule has 0 aliphatic rings. The highest BCUT2D eigenvalue weighted by molar-refractivity contribution is 5.96. The van der Waals surface area contributed by atoms with Crippen LogP contribution in [-0.2, 0) is 0 Å². The first-order valence-corrected chi connectivity index (χ1v) is 6.84. The van der Waals surface area contributed by atoms with Gasteiger partial charge in [-0.1, -0.05) is 24.8 Å². The molecule has 0 aliphatic carbocycles. The van der Waals surface area contributed by atoms with Gasteiger partial charge in [-0.25, -0.2) is 0 Å². The van der Waals surface area contributed by atoms with E-state index in [2.05, 4.69) is 11.9 Å². The Morgan fingerprint density at radius 1 is 1.48 bits per heavy atom. The molecule has 1 unspecified atom stereocenters. The Hall–Kier alpha value is -1.85. The Labute approximate surface area is 126 Å². The van der Waals surface area contributed by atoms with Crippen LogP contribution in [0.25, 0.3) is 0 Å². The minimum Gasteiger partial charge on any atom is -0.489 e. The second-order valence-corrected chi connectivity index (χ2v) is 5.51. The van der Waals surface area contributed by atoms with E-state index in [9.17, 15) is 9.90 Å². The highest BCUT2D eigenvalue weighted by Crippen LogP contribution is 2.18. The van der Waals surface area contributed by atoms with Gasteiger partial charge < -0.3 is 20.1 Å². The Kier molecular flexibility index (Phi) is 6.39. The maximum Gasteiger partial charge on any atom is 0.255 e. The van der Waals surface area contributed by atoms with E-state index < -0.39 is 5.60 Å². The molecule has 1 rings (SSSR count). The molecule has 5 nitrogen and oxygen atoms in total. The third-order valence-electron chi connectivity index (χ3n) is 2.78. The maximum absolute atomic E-state index is 12.2. The predicted molar refractivity (Wildman–Crippen MR) is 83.6 cm³/mol. The van der Waals surface area contributed by atoms with Gasteiger partial charge in [-0.3, -0.25) is 4.79 Å². The zero-order valence-corrected chi connectivity index (χ0v) is 12.9. The molecule has 0 fully saturated rings. The third kappa shape index (κ3) is 5.97. The van der Waals surface area contributed by atoms with Crippen molar-refractivity contribution >= 4 is 5.91 Å². The molecular formula is C16H24N2O3. The number of benzene rings is 1. The first-order chi connectivity index (χ1) is 9.85. The molecule has 21 heavy (non-hydrogen) atoms. The second-order valence-electron chi connectivity index (χ2n) is 5.51. The van der Waals surface area contributed by atoms with Crippen LogP contribution in [0.1, 0.15) is 17.3 Å². The molecule has 0 aliphatic heterocycles. The van der Waals surface area contributed by atoms with Crippen molar-refractivity contribution in [3.63, 3.8) is 0 Å². The monoisotopic (exact) mass is 292 g/mol. The van der Waals surface area contributed by atoms with Crippen LogP contribution in [0, 0.1) is 0 Å². The third-order valence-corrected chi connectivity index (χ3v) is 2.78. The summed E-state index contributed by atoms with van der Waals surface area (Å²) in [6.45, 7) is 6.23. The summed E-state index contributed by atoms with van der Waals surface area (Å²) in [6, 6.07) is 7.00. The van der Waals surface area contributed by atoms with E-state index in [0.717, 1.165) is 0 Å². The van der Waals surface area contributed by atoms with E-state index in [0.29, 0.717) is 24.5 Å². The number of ether oxygens (including phenoxy) is 1. The van der Waals surface area contributed by atoms with Gasteiger partial charge in [0.15, 0.2) is 0 Å². The van der Waals surface area contributed by atoms with Gasteiger partial charge in [-0.15, -0.1) is 0 Å². The fourth-order valence-electron chi connectivity index (χ4n) is 2.03. The normalized spacial score (nSPS) is 13.6. The molecule has 1 aromatic rings. The molecule has 1 aromatic carbocycles. The molecule has 2 N–H and O–H groups in total. The first kappa shape index (κ1) is 17.2. The summed E-state index contributed by atoms with van der Waals surface area (Å²) in [5.41, 5.74) is -0.546. The predicted octanol–water partition coefficient (Wildman–Crippen LogP) is 1.29. The lowest BCUT2D eigenvalue weighted by molar-refractivity contribution is 0.0325. The quantitative estimate of drug-likeness (QED) is 0.709. The van der Waals surface area contributed by atoms with Crippen molar-refractivity contribution < 1.29 is 14.6 Å². The van der Waals surface area contributed by atoms with Gasteiger partial charge in [0.1, 0.15) is 12.4 Å². The van der Waals surface area contributed by atoms with E-state index in [1.165, 1.54) is 0 Å². The topological polar surface area (TPSA) is 61.8 Å². The largest absolute Gasteiger partial charge is 0.489 e. The Morgan fingerprint density at radius 2 is 2.14 bits per heavy atom. The number of likely N-dealkylation sites (N-methyl/N-ethyl adjacent to an activating group) is 1. The Balaban J connectivity index is 2.69. The van der Waals surface area contributed by atoms with Crippen LogP contribution in [0.5, 0.6) is 5.75 Å². The molecule has 5 heteroatoms. The number of nitrogens with one attached hydrogen (secondary N) is 1. The lowest BCUT2D eigenvalue weighted by Crippen LogP contribution is -2.47. The molecule has 1 atom stereocenters. The lowest BCUT2D eigenvalue weighted by Gasteiger charge is -2.27. The molecule has 116 valence electrons. The summed E-state index contributed by atoms with van der Waals surface area (Å²) in [5, 5.41) is 12.9. The van der Waals surface area contributed by atoms with Gasteiger partial charge in [0.25, 0.3) is 5.91 Å². The van der Waals surface area contributed by atoms with E-state index in [4.69, 9.17) is 4.74 Å². The average molecular weight is 292 g/mol. The number of carbonyl (C=O) groups is 1. The number of para-hydroxylation sites is 1. The molecular weight excluding hydrogens is 268 g/mol. The summed E-state index contributed by atoms with van der Waals surface area (Å²) in [6.07, 6.45) is 1.62. The van der Waals surface area contributed by atoms with E-state index in [-0.39, 0.29) is 12.5 Å². The van der Waals surface area contributed by atoms with Gasteiger partial charge in [0, 0.05) is 13.1 Å². The van der Waals surface area contributed by atoms with Crippen LogP contribution in [0.4, 0.5) is 0 Å². The zero-order valence-electron chi connectivity index (χ0n) is 12.9. The highest BCUT2D eigenvalue weighted by Gasteiger charge is 2.23. The van der Waals surface area contributed by atoms with Crippen molar-refractivity contribution in [1.82, 2.24) is 10.2 Å². The van der Waals surface area contributed by atoms with Gasteiger partial charge in [-0.05, 0) is 33.2 Å². The smallest absolute Gasteiger partial charge is 0.255 e. The van der Waals surface area contributed by atoms with Crippen molar-refractivity contribution in [2.75, 3.05) is 33.8 Å². The van der Waals surface area contributed by atoms with E-state index in [1.54, 1.807) is 37.3 Å². The molecule has 0 aromatic heterocycles. The number of aliphatic hydroxyl groups is 1. The van der Waals surface area contributed by atoms with E-state index >= 15 is 0 Å². The molecule has 1 amide bonds. The minimum absolute atomic E-state index is 0.166. The van der Waals surface area contributed by atoms with Gasteiger partial charge >= 0.3 is 0 Å². The lowest BCUT2D eigenvalue weighted by atomic mass is 10.1. The maximum atomic E-state index is 12.2. The first-order valence-electron chi connectivity index (χ1n) is 6.84. The Morgan fingerprint density at radius 3 is 2.76 bits per heavy atom. The summed E-state index contributed by atoms with van der Waals surface area (Å²) in [7, 11) is 3.74. The molecule has 0 spiro atoms. The van der Waals surface area contributed by atoms with Crippen LogP contribution in [0.2, 0.25) is 0 Å². The number of nitrogens with zero attached hydrogens (tertiary/aromatic N) is 1. The van der Waals surface area contributed by atoms with Crippen LogP contribution >= 0.6 is 0 Å². The standard InChI is InChI=1S/C16H24N2O3/c1-5-10-21-14-9-7-6-8-13(14)15(19)17-11-16(2,20)12-18(3)4/h5-9,20H,1,10-12H2,2-4H3,(H,17,19). The number of rotatable bonds is 8. The number of hydrogen-bond donors (Lipinski definition) is 2. The van der Waals surface area contributed by atoms with Crippen molar-refractivity contribution in [3.05, 3.63) is 42.5 Å². The summed E-state index contributed by atoms with van der Waals surface area (Å²) in [5.74, 6) is 0.232. The minimum atomic E-state index is -0.990. The molecule has 0 saturated heterocycles. The second kappa shape index (κ2) is 7.81. The summed E-state index contributed by atoms with van der Waals surface area (Å²) >= 11 is 0. The fourth-order valence-corrected chi connectivity index (χ4v) is 2.03. The average Bonchev–Trinajstić information content (AvgIpc) is 2.41. The summed E-state index contributed by atoms with van der Waals surface area (Å²) in [4.78, 5) is 14.1. The van der Waals surface area contributed by atoms with Gasteiger partial charge in [0.05, 0.1) is 11.2 Å². The van der Waals surface area contributed by atoms with Gasteiger partial charge in [0.2, 0.25) is 0 Å². The van der Waals surface area contributed by atoms with Crippen molar-refractivity contribution in [3.8, 4) is 5.75 Å². The van der Waals surface area contributed by atoms with Gasteiger partial charge in [-0.2, -0.15) is 0 Å². The van der Waals surface area contributed by atoms with Crippen LogP contribution in [0.15, 0.2) is 36.9 Å². The number of hydrogen-bond acceptors (Lipinski definition) is 4. The molecule has 0 saturated carbocycles. The van der Waals surface area contributed by atoms with Crippen LogP contribution in [-0.4, -0.2) is 55.3 Å². The Bertz CT molecular complexity index is 484. The molecule has 0 bridgehead atoms. The zero-order chi connectivity index (χ0) is 15.9. The van der Waals surface area contributed by atoms with Crippen LogP contribution in [0.3, 0.4) is 0 Å². The molecule has 0 heterocycles. The highest BCUT2D eigenvalue weighted by atomic mass is 16.5. The van der Waals surface area contributed by atoms with E-state index in [1.807, 2.05) is 19.0 Å². The van der Waals surface area contributed by atoms with Crippen molar-refractivity contribution in [2.24, 2.45) is 0 Å². The van der Waals surface area contributed by atoms with Crippen LogP contribution < -0.4 is 10.1 Å². The van der Waals surface area contributed by atoms with Crippen molar-refractivity contribution in [2.45, 2.75) is 12.5 Å². The fraction of sp³-hybridized carbons (Fsp3) is 0.438. The van der Waals surface area contributed by atoms with Crippen molar-refractivity contribution in [1.29, 1.82) is 0 Å². The number of carbonyl (C=O) groups excluding carboxylic acids is 1. The number of amides is 1.